The number of amides is 2. The number of nitrogens with zero attached hydrogens (tertiary/aromatic N) is 1. The minimum absolute atomic E-state index is 0.0637. The number of methoxy groups -OCH3 is 2. The van der Waals surface area contributed by atoms with E-state index in [4.69, 9.17) is 9.47 Å². The summed E-state index contributed by atoms with van der Waals surface area (Å²) < 4.78 is 10.4. The van der Waals surface area contributed by atoms with Gasteiger partial charge >= 0.3 is 0 Å². The van der Waals surface area contributed by atoms with Crippen LogP contribution in [-0.2, 0) is 9.59 Å². The molecule has 0 fully saturated rings. The van der Waals surface area contributed by atoms with E-state index in [0.29, 0.717) is 17.2 Å². The van der Waals surface area contributed by atoms with Crippen molar-refractivity contribution in [2.75, 3.05) is 26.1 Å². The summed E-state index contributed by atoms with van der Waals surface area (Å²) in [5.74, 6) is 0.635. The summed E-state index contributed by atoms with van der Waals surface area (Å²) in [6.07, 6.45) is 0. The van der Waals surface area contributed by atoms with E-state index < -0.39 is 0 Å². The van der Waals surface area contributed by atoms with E-state index in [1.807, 2.05) is 37.3 Å². The van der Waals surface area contributed by atoms with Gasteiger partial charge in [0.2, 0.25) is 11.8 Å². The van der Waals surface area contributed by atoms with Crippen molar-refractivity contribution < 1.29 is 19.1 Å². The zero-order valence-electron chi connectivity index (χ0n) is 15.5. The highest BCUT2D eigenvalue weighted by atomic mass is 16.5. The molecule has 0 aliphatic heterocycles. The molecule has 0 saturated heterocycles. The van der Waals surface area contributed by atoms with Crippen LogP contribution >= 0.6 is 0 Å². The molecule has 1 unspecified atom stereocenters. The Morgan fingerprint density at radius 1 is 1.08 bits per heavy atom. The fourth-order valence-corrected chi connectivity index (χ4v) is 2.69. The summed E-state index contributed by atoms with van der Waals surface area (Å²) in [5, 5.41) is 2.79. The number of ether oxygens (including phenoxy) is 2. The molecule has 0 radical (unpaired) electrons. The van der Waals surface area contributed by atoms with Crippen LogP contribution in [0.5, 0.6) is 11.5 Å². The van der Waals surface area contributed by atoms with Gasteiger partial charge in [-0.25, -0.2) is 0 Å². The van der Waals surface area contributed by atoms with E-state index in [1.165, 1.54) is 18.9 Å². The summed E-state index contributed by atoms with van der Waals surface area (Å²) in [6, 6.07) is 14.5. The Bertz CT molecular complexity index is 762. The normalized spacial score (nSPS) is 11.4. The number of anilines is 1. The van der Waals surface area contributed by atoms with Crippen LogP contribution in [-0.4, -0.2) is 37.5 Å². The lowest BCUT2D eigenvalue weighted by atomic mass is 10.1. The van der Waals surface area contributed by atoms with Gasteiger partial charge in [0.05, 0.1) is 25.9 Å². The third-order valence-electron chi connectivity index (χ3n) is 4.15. The van der Waals surface area contributed by atoms with E-state index in [2.05, 4.69) is 5.32 Å². The lowest BCUT2D eigenvalue weighted by molar-refractivity contribution is -0.134. The standard InChI is InChI=1S/C20H24N2O4/c1-14(16-8-6-5-7-9-16)22(15(2)23)13-20(24)21-18-12-17(25-3)10-11-19(18)26-4/h5-12,14H,13H2,1-4H3,(H,21,24). The van der Waals surface area contributed by atoms with Crippen molar-refractivity contribution in [3.8, 4) is 11.5 Å². The molecule has 2 aromatic rings. The third kappa shape index (κ3) is 4.75. The number of nitrogens with one attached hydrogen (secondary N) is 1. The predicted octanol–water partition coefficient (Wildman–Crippen LogP) is 3.25. The van der Waals surface area contributed by atoms with Crippen molar-refractivity contribution in [1.29, 1.82) is 0 Å². The smallest absolute Gasteiger partial charge is 0.244 e. The van der Waals surface area contributed by atoms with Crippen LogP contribution in [0.15, 0.2) is 48.5 Å². The Morgan fingerprint density at radius 3 is 2.35 bits per heavy atom. The van der Waals surface area contributed by atoms with Crippen LogP contribution in [0, 0.1) is 0 Å². The molecule has 138 valence electrons. The van der Waals surface area contributed by atoms with Crippen LogP contribution in [0.4, 0.5) is 5.69 Å². The number of carbonyl (C=O) groups is 2. The average Bonchev–Trinajstić information content (AvgIpc) is 2.66. The minimum atomic E-state index is -0.311. The molecule has 1 atom stereocenters. The molecule has 26 heavy (non-hydrogen) atoms. The highest BCUT2D eigenvalue weighted by Crippen LogP contribution is 2.29. The number of hydrogen-bond acceptors (Lipinski definition) is 4. The maximum atomic E-state index is 12.5. The highest BCUT2D eigenvalue weighted by molar-refractivity contribution is 5.95. The maximum absolute atomic E-state index is 12.5. The van der Waals surface area contributed by atoms with E-state index in [0.717, 1.165) is 5.56 Å². The molecule has 0 aliphatic rings. The van der Waals surface area contributed by atoms with E-state index >= 15 is 0 Å². The van der Waals surface area contributed by atoms with Crippen LogP contribution in [0.2, 0.25) is 0 Å². The molecule has 2 aromatic carbocycles. The topological polar surface area (TPSA) is 67.9 Å². The van der Waals surface area contributed by atoms with Crippen LogP contribution < -0.4 is 14.8 Å². The Morgan fingerprint density at radius 2 is 1.77 bits per heavy atom. The quantitative estimate of drug-likeness (QED) is 0.827. The number of carbonyl (C=O) groups excluding carboxylic acids is 2. The Labute approximate surface area is 153 Å². The first-order valence-electron chi connectivity index (χ1n) is 8.30. The number of benzene rings is 2. The second-order valence-corrected chi connectivity index (χ2v) is 5.85. The van der Waals surface area contributed by atoms with Crippen molar-refractivity contribution in [3.05, 3.63) is 54.1 Å². The molecular weight excluding hydrogens is 332 g/mol. The van der Waals surface area contributed by atoms with Crippen LogP contribution in [0.25, 0.3) is 0 Å². The SMILES string of the molecule is COc1ccc(OC)c(NC(=O)CN(C(C)=O)C(C)c2ccccc2)c1. The second-order valence-electron chi connectivity index (χ2n) is 5.85. The molecule has 0 heterocycles. The molecule has 6 nitrogen and oxygen atoms in total. The van der Waals surface area contributed by atoms with Gasteiger partial charge in [-0.1, -0.05) is 30.3 Å². The molecule has 0 spiro atoms. The highest BCUT2D eigenvalue weighted by Gasteiger charge is 2.22. The summed E-state index contributed by atoms with van der Waals surface area (Å²) in [5.41, 5.74) is 1.46. The Kier molecular flexibility index (Phi) is 6.60. The number of hydrogen-bond donors (Lipinski definition) is 1. The summed E-state index contributed by atoms with van der Waals surface area (Å²) in [7, 11) is 3.07. The monoisotopic (exact) mass is 356 g/mol. The van der Waals surface area contributed by atoms with Crippen molar-refractivity contribution in [1.82, 2.24) is 4.90 Å². The first-order chi connectivity index (χ1) is 12.5. The van der Waals surface area contributed by atoms with Gasteiger partial charge in [-0.15, -0.1) is 0 Å². The molecule has 2 amide bonds. The third-order valence-corrected chi connectivity index (χ3v) is 4.15. The van der Waals surface area contributed by atoms with Crippen LogP contribution in [0.3, 0.4) is 0 Å². The van der Waals surface area contributed by atoms with Crippen molar-refractivity contribution in [2.45, 2.75) is 19.9 Å². The van der Waals surface area contributed by atoms with Gasteiger partial charge in [-0.05, 0) is 24.6 Å². The predicted molar refractivity (Wildman–Crippen MR) is 100 cm³/mol. The van der Waals surface area contributed by atoms with Gasteiger partial charge in [0, 0.05) is 13.0 Å². The fraction of sp³-hybridized carbons (Fsp3) is 0.300. The second kappa shape index (κ2) is 8.89. The molecule has 6 heteroatoms. The van der Waals surface area contributed by atoms with Gasteiger partial charge in [-0.3, -0.25) is 9.59 Å². The Hall–Kier alpha value is -3.02. The zero-order valence-corrected chi connectivity index (χ0v) is 15.5. The van der Waals surface area contributed by atoms with Gasteiger partial charge in [0.25, 0.3) is 0 Å². The summed E-state index contributed by atoms with van der Waals surface area (Å²) in [4.78, 5) is 26.1. The minimum Gasteiger partial charge on any atom is -0.497 e. The molecule has 0 bridgehead atoms. The van der Waals surface area contributed by atoms with Gasteiger partial charge < -0.3 is 19.7 Å². The molecule has 0 aliphatic carbocycles. The van der Waals surface area contributed by atoms with Crippen LogP contribution in [0.1, 0.15) is 25.5 Å². The van der Waals surface area contributed by atoms with E-state index in [1.54, 1.807) is 25.3 Å². The summed E-state index contributed by atoms with van der Waals surface area (Å²) in [6.45, 7) is 3.29. The first kappa shape index (κ1) is 19.3. The summed E-state index contributed by atoms with van der Waals surface area (Å²) >= 11 is 0. The van der Waals surface area contributed by atoms with Crippen molar-refractivity contribution in [2.24, 2.45) is 0 Å². The van der Waals surface area contributed by atoms with E-state index in [-0.39, 0.29) is 24.4 Å². The van der Waals surface area contributed by atoms with Gasteiger partial charge in [0.1, 0.15) is 18.0 Å². The molecule has 0 aromatic heterocycles. The lowest BCUT2D eigenvalue weighted by Gasteiger charge is -2.28. The fourth-order valence-electron chi connectivity index (χ4n) is 2.69. The Balaban J connectivity index is 2.15. The average molecular weight is 356 g/mol. The lowest BCUT2D eigenvalue weighted by Crippen LogP contribution is -2.38. The first-order valence-corrected chi connectivity index (χ1v) is 8.30. The molecule has 0 saturated carbocycles. The van der Waals surface area contributed by atoms with E-state index in [9.17, 15) is 9.59 Å². The van der Waals surface area contributed by atoms with Crippen molar-refractivity contribution >= 4 is 17.5 Å². The van der Waals surface area contributed by atoms with Gasteiger partial charge in [0.15, 0.2) is 0 Å². The zero-order chi connectivity index (χ0) is 19.1. The largest absolute Gasteiger partial charge is 0.497 e. The van der Waals surface area contributed by atoms with Crippen molar-refractivity contribution in [3.63, 3.8) is 0 Å². The number of rotatable bonds is 7. The molecule has 2 rings (SSSR count). The molecular formula is C20H24N2O4. The molecule has 1 N–H and O–H groups in total. The maximum Gasteiger partial charge on any atom is 0.244 e. The van der Waals surface area contributed by atoms with Gasteiger partial charge in [-0.2, -0.15) is 0 Å².